The molecule has 0 unspecified atom stereocenters. The van der Waals surface area contributed by atoms with Crippen molar-refractivity contribution in [2.24, 2.45) is 0 Å². The third-order valence-electron chi connectivity index (χ3n) is 3.75. The highest BCUT2D eigenvalue weighted by Crippen LogP contribution is 2.27. The Morgan fingerprint density at radius 1 is 1.16 bits per heavy atom. The molecule has 4 N–H and O–H groups in total. The molecule has 126 valence electrons. The third kappa shape index (κ3) is 2.65. The van der Waals surface area contributed by atoms with Crippen LogP contribution in [-0.2, 0) is 6.54 Å². The van der Waals surface area contributed by atoms with Crippen LogP contribution in [0.15, 0.2) is 34.7 Å². The Labute approximate surface area is 141 Å². The van der Waals surface area contributed by atoms with Crippen LogP contribution in [0.3, 0.4) is 0 Å². The molecule has 0 bridgehead atoms. The van der Waals surface area contributed by atoms with Gasteiger partial charge in [0.2, 0.25) is 5.95 Å². The third-order valence-corrected chi connectivity index (χ3v) is 3.75. The van der Waals surface area contributed by atoms with E-state index >= 15 is 0 Å². The molecule has 4 rings (SSSR count). The van der Waals surface area contributed by atoms with Gasteiger partial charge in [0.05, 0.1) is 12.2 Å². The summed E-state index contributed by atoms with van der Waals surface area (Å²) in [5.74, 6) is 0.860. The average Bonchev–Trinajstić information content (AvgIpc) is 3.17. The van der Waals surface area contributed by atoms with Crippen molar-refractivity contribution in [3.05, 3.63) is 47.5 Å². The number of nitrogen functional groups attached to an aromatic ring is 2. The highest BCUT2D eigenvalue weighted by molar-refractivity contribution is 5.86. The lowest BCUT2D eigenvalue weighted by molar-refractivity contribution is 0.547. The summed E-state index contributed by atoms with van der Waals surface area (Å²) in [5.41, 5.74) is 13.5. The van der Waals surface area contributed by atoms with Crippen molar-refractivity contribution in [2.45, 2.75) is 13.5 Å². The van der Waals surface area contributed by atoms with Gasteiger partial charge in [0, 0.05) is 0 Å². The molecule has 0 radical (unpaired) electrons. The minimum atomic E-state index is -0.484. The molecule has 0 spiro atoms. The van der Waals surface area contributed by atoms with E-state index in [1.165, 1.54) is 16.8 Å². The lowest BCUT2D eigenvalue weighted by atomic mass is 10.2. The van der Waals surface area contributed by atoms with E-state index in [0.29, 0.717) is 28.2 Å². The topological polar surface area (TPSA) is 122 Å². The van der Waals surface area contributed by atoms with Crippen LogP contribution in [-0.4, -0.2) is 25.0 Å². The van der Waals surface area contributed by atoms with Crippen LogP contribution in [0.4, 0.5) is 16.0 Å². The van der Waals surface area contributed by atoms with Gasteiger partial charge in [-0.05, 0) is 36.8 Å². The van der Waals surface area contributed by atoms with Crippen LogP contribution >= 0.6 is 0 Å². The SMILES string of the molecule is Cc1ccc(-c2nc(N)nc3c2nnn3Cc2ccc(N)c(F)c2)o1. The predicted molar refractivity (Wildman–Crippen MR) is 89.9 cm³/mol. The van der Waals surface area contributed by atoms with Crippen LogP contribution in [0.1, 0.15) is 11.3 Å². The van der Waals surface area contributed by atoms with Crippen LogP contribution < -0.4 is 11.5 Å². The predicted octanol–water partition coefficient (Wildman–Crippen LogP) is 2.14. The van der Waals surface area contributed by atoms with Crippen LogP contribution in [0.5, 0.6) is 0 Å². The summed E-state index contributed by atoms with van der Waals surface area (Å²) in [6, 6.07) is 8.17. The summed E-state index contributed by atoms with van der Waals surface area (Å²) in [4.78, 5) is 8.42. The minimum Gasteiger partial charge on any atom is -0.460 e. The standard InChI is InChI=1S/C16H14FN7O/c1-8-2-5-12(25-8)13-14-15(21-16(19)20-13)24(23-22-14)7-9-3-4-11(18)10(17)6-9/h2-6H,7,18H2,1H3,(H2,19,20,21). The molecule has 0 saturated carbocycles. The molecule has 8 nitrogen and oxygen atoms in total. The number of anilines is 2. The number of nitrogens with two attached hydrogens (primary N) is 2. The molecular formula is C16H14FN7O. The second-order valence-corrected chi connectivity index (χ2v) is 5.62. The van der Waals surface area contributed by atoms with Crippen molar-refractivity contribution in [1.29, 1.82) is 0 Å². The molecule has 0 aliphatic rings. The fraction of sp³-hybridized carbons (Fsp3) is 0.125. The number of hydrogen-bond acceptors (Lipinski definition) is 7. The summed E-state index contributed by atoms with van der Waals surface area (Å²) in [6.45, 7) is 2.10. The number of benzene rings is 1. The molecule has 0 fully saturated rings. The molecule has 3 heterocycles. The van der Waals surface area contributed by atoms with Gasteiger partial charge >= 0.3 is 0 Å². The molecule has 0 aliphatic carbocycles. The number of hydrogen-bond donors (Lipinski definition) is 2. The summed E-state index contributed by atoms with van der Waals surface area (Å²) >= 11 is 0. The number of nitrogens with zero attached hydrogens (tertiary/aromatic N) is 5. The second kappa shape index (κ2) is 5.55. The van der Waals surface area contributed by atoms with Crippen molar-refractivity contribution in [3.8, 4) is 11.5 Å². The maximum atomic E-state index is 13.6. The van der Waals surface area contributed by atoms with E-state index in [9.17, 15) is 4.39 Å². The van der Waals surface area contributed by atoms with Gasteiger partial charge in [0.1, 0.15) is 17.3 Å². The molecule has 0 amide bonds. The Kier molecular flexibility index (Phi) is 3.34. The molecule has 25 heavy (non-hydrogen) atoms. The minimum absolute atomic E-state index is 0.0728. The highest BCUT2D eigenvalue weighted by atomic mass is 19.1. The number of halogens is 1. The fourth-order valence-corrected chi connectivity index (χ4v) is 2.55. The molecule has 3 aromatic heterocycles. The van der Waals surface area contributed by atoms with Gasteiger partial charge in [0.25, 0.3) is 0 Å². The van der Waals surface area contributed by atoms with Crippen LogP contribution in [0.25, 0.3) is 22.6 Å². The Morgan fingerprint density at radius 3 is 2.72 bits per heavy atom. The summed E-state index contributed by atoms with van der Waals surface area (Å²) in [5, 5.41) is 8.23. The van der Waals surface area contributed by atoms with Crippen molar-refractivity contribution in [1.82, 2.24) is 25.0 Å². The molecule has 9 heteroatoms. The van der Waals surface area contributed by atoms with Crippen molar-refractivity contribution >= 4 is 22.8 Å². The number of fused-ring (bicyclic) bond motifs is 1. The molecule has 0 saturated heterocycles. The number of aromatic nitrogens is 5. The zero-order valence-electron chi connectivity index (χ0n) is 13.3. The van der Waals surface area contributed by atoms with E-state index in [1.54, 1.807) is 12.1 Å². The second-order valence-electron chi connectivity index (χ2n) is 5.62. The first-order valence-electron chi connectivity index (χ1n) is 7.48. The Balaban J connectivity index is 1.81. The largest absolute Gasteiger partial charge is 0.460 e. The number of rotatable bonds is 3. The molecule has 0 atom stereocenters. The summed E-state index contributed by atoms with van der Waals surface area (Å²) in [6.07, 6.45) is 0. The average molecular weight is 339 g/mol. The van der Waals surface area contributed by atoms with E-state index in [2.05, 4.69) is 20.3 Å². The van der Waals surface area contributed by atoms with Crippen molar-refractivity contribution in [2.75, 3.05) is 11.5 Å². The van der Waals surface area contributed by atoms with E-state index in [-0.39, 0.29) is 18.2 Å². The maximum Gasteiger partial charge on any atom is 0.222 e. The van der Waals surface area contributed by atoms with Crippen LogP contribution in [0, 0.1) is 12.7 Å². The van der Waals surface area contributed by atoms with Gasteiger partial charge in [0.15, 0.2) is 16.9 Å². The van der Waals surface area contributed by atoms with Crippen molar-refractivity contribution < 1.29 is 8.81 Å². The quantitative estimate of drug-likeness (QED) is 0.548. The van der Waals surface area contributed by atoms with Crippen LogP contribution in [0.2, 0.25) is 0 Å². The first kappa shape index (κ1) is 15.1. The first-order chi connectivity index (χ1) is 12.0. The first-order valence-corrected chi connectivity index (χ1v) is 7.48. The monoisotopic (exact) mass is 339 g/mol. The van der Waals surface area contributed by atoms with Gasteiger partial charge < -0.3 is 15.9 Å². The Bertz CT molecular complexity index is 1090. The Hall–Kier alpha value is -3.49. The van der Waals surface area contributed by atoms with E-state index in [4.69, 9.17) is 15.9 Å². The lowest BCUT2D eigenvalue weighted by Crippen LogP contribution is -2.05. The van der Waals surface area contributed by atoms with E-state index < -0.39 is 5.82 Å². The summed E-state index contributed by atoms with van der Waals surface area (Å²) in [7, 11) is 0. The maximum absolute atomic E-state index is 13.6. The fourth-order valence-electron chi connectivity index (χ4n) is 2.55. The zero-order valence-corrected chi connectivity index (χ0v) is 13.3. The molecule has 0 aliphatic heterocycles. The van der Waals surface area contributed by atoms with Gasteiger partial charge in [-0.15, -0.1) is 5.10 Å². The molecule has 4 aromatic rings. The summed E-state index contributed by atoms with van der Waals surface area (Å²) < 4.78 is 20.8. The normalized spacial score (nSPS) is 11.3. The molecule has 1 aromatic carbocycles. The molecular weight excluding hydrogens is 325 g/mol. The van der Waals surface area contributed by atoms with Gasteiger partial charge in [-0.25, -0.2) is 14.1 Å². The van der Waals surface area contributed by atoms with Gasteiger partial charge in [-0.3, -0.25) is 0 Å². The van der Waals surface area contributed by atoms with E-state index in [1.807, 2.05) is 13.0 Å². The van der Waals surface area contributed by atoms with Crippen molar-refractivity contribution in [3.63, 3.8) is 0 Å². The highest BCUT2D eigenvalue weighted by Gasteiger charge is 2.18. The van der Waals surface area contributed by atoms with Gasteiger partial charge in [-0.2, -0.15) is 4.98 Å². The lowest BCUT2D eigenvalue weighted by Gasteiger charge is -2.05. The van der Waals surface area contributed by atoms with Gasteiger partial charge in [-0.1, -0.05) is 11.3 Å². The number of furan rings is 1. The number of aryl methyl sites for hydroxylation is 1. The van der Waals surface area contributed by atoms with E-state index in [0.717, 1.165) is 5.76 Å². The smallest absolute Gasteiger partial charge is 0.222 e. The Morgan fingerprint density at radius 2 is 2.00 bits per heavy atom. The zero-order chi connectivity index (χ0) is 17.6.